The summed E-state index contributed by atoms with van der Waals surface area (Å²) in [6.07, 6.45) is -0.355. The van der Waals surface area contributed by atoms with Crippen LogP contribution < -0.4 is 10.5 Å². The Labute approximate surface area is 81.7 Å². The van der Waals surface area contributed by atoms with E-state index in [1.165, 1.54) is 0 Å². The molecule has 0 bridgehead atoms. The van der Waals surface area contributed by atoms with Gasteiger partial charge in [0.2, 0.25) is 0 Å². The van der Waals surface area contributed by atoms with Gasteiger partial charge in [0.15, 0.2) is 11.6 Å². The molecule has 0 aliphatic heterocycles. The summed E-state index contributed by atoms with van der Waals surface area (Å²) in [4.78, 5) is 0. The number of hydrogen-bond acceptors (Lipinski definition) is 2. The van der Waals surface area contributed by atoms with Gasteiger partial charge in [0.05, 0.1) is 0 Å². The molecule has 0 radical (unpaired) electrons. The van der Waals surface area contributed by atoms with Crippen molar-refractivity contribution in [3.8, 4) is 5.75 Å². The van der Waals surface area contributed by atoms with Crippen molar-refractivity contribution in [2.45, 2.75) is 26.0 Å². The zero-order chi connectivity index (χ0) is 10.7. The van der Waals surface area contributed by atoms with Crippen LogP contribution in [0.25, 0.3) is 0 Å². The van der Waals surface area contributed by atoms with Crippen LogP contribution in [-0.2, 0) is 0 Å². The number of halogens is 2. The molecule has 14 heavy (non-hydrogen) atoms. The fourth-order valence-electron chi connectivity index (χ4n) is 0.875. The van der Waals surface area contributed by atoms with Crippen LogP contribution in [0.4, 0.5) is 8.78 Å². The van der Waals surface area contributed by atoms with Gasteiger partial charge in [0, 0.05) is 12.1 Å². The van der Waals surface area contributed by atoms with E-state index in [1.807, 2.05) is 0 Å². The van der Waals surface area contributed by atoms with E-state index in [2.05, 4.69) is 0 Å². The van der Waals surface area contributed by atoms with E-state index in [4.69, 9.17) is 10.5 Å². The third kappa shape index (κ3) is 2.67. The van der Waals surface area contributed by atoms with Crippen molar-refractivity contribution in [2.24, 2.45) is 5.73 Å². The highest BCUT2D eigenvalue weighted by Crippen LogP contribution is 2.19. The van der Waals surface area contributed by atoms with Crippen LogP contribution >= 0.6 is 0 Å². The Morgan fingerprint density at radius 2 is 1.93 bits per heavy atom. The second-order valence-electron chi connectivity index (χ2n) is 3.26. The molecule has 1 rings (SSSR count). The highest BCUT2D eigenvalue weighted by Gasteiger charge is 2.12. The van der Waals surface area contributed by atoms with Crippen LogP contribution in [0, 0.1) is 11.6 Å². The lowest BCUT2D eigenvalue weighted by atomic mass is 10.2. The number of benzene rings is 1. The van der Waals surface area contributed by atoms with Crippen LogP contribution in [0.2, 0.25) is 0 Å². The average Bonchev–Trinajstić information content (AvgIpc) is 2.11. The van der Waals surface area contributed by atoms with Gasteiger partial charge in [-0.05, 0) is 26.0 Å². The normalized spacial score (nSPS) is 14.9. The fraction of sp³-hybridized carbons (Fsp3) is 0.400. The summed E-state index contributed by atoms with van der Waals surface area (Å²) in [7, 11) is 0. The van der Waals surface area contributed by atoms with Gasteiger partial charge in [-0.1, -0.05) is 0 Å². The summed E-state index contributed by atoms with van der Waals surface area (Å²) in [5, 5.41) is 0. The summed E-state index contributed by atoms with van der Waals surface area (Å²) < 4.78 is 30.9. The van der Waals surface area contributed by atoms with Gasteiger partial charge < -0.3 is 10.5 Å². The second kappa shape index (κ2) is 4.37. The van der Waals surface area contributed by atoms with Crippen molar-refractivity contribution in [3.05, 3.63) is 29.8 Å². The second-order valence-corrected chi connectivity index (χ2v) is 3.26. The van der Waals surface area contributed by atoms with Crippen LogP contribution in [-0.4, -0.2) is 12.1 Å². The van der Waals surface area contributed by atoms with Crippen LogP contribution in [0.15, 0.2) is 18.2 Å². The Morgan fingerprint density at radius 3 is 2.50 bits per heavy atom. The lowest BCUT2D eigenvalue weighted by molar-refractivity contribution is 0.187. The number of nitrogens with two attached hydrogens (primary N) is 1. The lowest BCUT2D eigenvalue weighted by Gasteiger charge is -2.18. The van der Waals surface area contributed by atoms with Gasteiger partial charge >= 0.3 is 0 Å². The standard InChI is InChI=1S/C10H13F2NO/c1-6(13)7(2)14-10-5-8(11)3-4-9(10)12/h3-7H,13H2,1-2H3. The predicted molar refractivity (Wildman–Crippen MR) is 50.1 cm³/mol. The molecular weight excluding hydrogens is 188 g/mol. The molecule has 78 valence electrons. The van der Waals surface area contributed by atoms with Crippen LogP contribution in [0.3, 0.4) is 0 Å². The zero-order valence-corrected chi connectivity index (χ0v) is 8.13. The average molecular weight is 201 g/mol. The van der Waals surface area contributed by atoms with E-state index in [-0.39, 0.29) is 17.9 Å². The molecule has 0 aliphatic rings. The largest absolute Gasteiger partial charge is 0.486 e. The zero-order valence-electron chi connectivity index (χ0n) is 8.13. The Balaban J connectivity index is 2.80. The smallest absolute Gasteiger partial charge is 0.165 e. The molecule has 0 aliphatic carbocycles. The quantitative estimate of drug-likeness (QED) is 0.812. The van der Waals surface area contributed by atoms with Gasteiger partial charge in [-0.3, -0.25) is 0 Å². The molecule has 0 spiro atoms. The third-order valence-electron chi connectivity index (χ3n) is 1.95. The summed E-state index contributed by atoms with van der Waals surface area (Å²) in [6, 6.07) is 2.84. The molecule has 0 saturated heterocycles. The van der Waals surface area contributed by atoms with Gasteiger partial charge in [-0.2, -0.15) is 0 Å². The molecular formula is C10H13F2NO. The van der Waals surface area contributed by atoms with Gasteiger partial charge in [-0.15, -0.1) is 0 Å². The van der Waals surface area contributed by atoms with E-state index in [9.17, 15) is 8.78 Å². The maximum absolute atomic E-state index is 13.1. The Bertz CT molecular complexity index is 315. The van der Waals surface area contributed by atoms with E-state index in [1.54, 1.807) is 13.8 Å². The van der Waals surface area contributed by atoms with Crippen LogP contribution in [0.1, 0.15) is 13.8 Å². The highest BCUT2D eigenvalue weighted by molar-refractivity contribution is 5.25. The van der Waals surface area contributed by atoms with Crippen LogP contribution in [0.5, 0.6) is 5.75 Å². The monoisotopic (exact) mass is 201 g/mol. The number of ether oxygens (including phenoxy) is 1. The molecule has 2 atom stereocenters. The van der Waals surface area contributed by atoms with E-state index in [0.29, 0.717) is 0 Å². The molecule has 0 amide bonds. The van der Waals surface area contributed by atoms with Crippen molar-refractivity contribution in [2.75, 3.05) is 0 Å². The van der Waals surface area contributed by atoms with Crippen molar-refractivity contribution in [3.63, 3.8) is 0 Å². The van der Waals surface area contributed by atoms with Crippen molar-refractivity contribution >= 4 is 0 Å². The summed E-state index contributed by atoms with van der Waals surface area (Å²) >= 11 is 0. The Hall–Kier alpha value is -1.16. The van der Waals surface area contributed by atoms with E-state index in [0.717, 1.165) is 18.2 Å². The first-order chi connectivity index (χ1) is 6.50. The third-order valence-corrected chi connectivity index (χ3v) is 1.95. The minimum Gasteiger partial charge on any atom is -0.486 e. The van der Waals surface area contributed by atoms with E-state index < -0.39 is 11.6 Å². The molecule has 2 nitrogen and oxygen atoms in total. The molecule has 2 unspecified atom stereocenters. The number of rotatable bonds is 3. The fourth-order valence-corrected chi connectivity index (χ4v) is 0.875. The molecule has 0 fully saturated rings. The summed E-state index contributed by atoms with van der Waals surface area (Å²) in [6.45, 7) is 3.44. The minimum absolute atomic E-state index is 0.102. The Morgan fingerprint density at radius 1 is 1.29 bits per heavy atom. The first-order valence-electron chi connectivity index (χ1n) is 4.38. The minimum atomic E-state index is -0.584. The van der Waals surface area contributed by atoms with E-state index >= 15 is 0 Å². The van der Waals surface area contributed by atoms with Gasteiger partial charge in [-0.25, -0.2) is 8.78 Å². The summed E-state index contributed by atoms with van der Waals surface area (Å²) in [5.41, 5.74) is 5.53. The number of hydrogen-bond donors (Lipinski definition) is 1. The SMILES string of the molecule is CC(N)C(C)Oc1cc(F)ccc1F. The first kappa shape index (κ1) is 10.9. The van der Waals surface area contributed by atoms with Gasteiger partial charge in [0.25, 0.3) is 0 Å². The molecule has 0 heterocycles. The highest BCUT2D eigenvalue weighted by atomic mass is 19.1. The summed E-state index contributed by atoms with van der Waals surface area (Å²) in [5.74, 6) is -1.22. The molecule has 2 N–H and O–H groups in total. The maximum atomic E-state index is 13.1. The molecule has 1 aromatic rings. The maximum Gasteiger partial charge on any atom is 0.165 e. The molecule has 0 saturated carbocycles. The van der Waals surface area contributed by atoms with Gasteiger partial charge in [0.1, 0.15) is 11.9 Å². The predicted octanol–water partition coefficient (Wildman–Crippen LogP) is 2.08. The van der Waals surface area contributed by atoms with Crippen molar-refractivity contribution in [1.82, 2.24) is 0 Å². The lowest BCUT2D eigenvalue weighted by Crippen LogP contribution is -2.33. The first-order valence-corrected chi connectivity index (χ1v) is 4.38. The van der Waals surface area contributed by atoms with Crippen molar-refractivity contribution in [1.29, 1.82) is 0 Å². The molecule has 0 aromatic heterocycles. The Kier molecular flexibility index (Phi) is 3.41. The molecule has 1 aromatic carbocycles. The molecule has 4 heteroatoms. The topological polar surface area (TPSA) is 35.2 Å². The van der Waals surface area contributed by atoms with Crippen molar-refractivity contribution < 1.29 is 13.5 Å².